The third kappa shape index (κ3) is 2.71. The highest BCUT2D eigenvalue weighted by Crippen LogP contribution is 2.25. The van der Waals surface area contributed by atoms with Crippen LogP contribution in [0.2, 0.25) is 5.15 Å². The van der Waals surface area contributed by atoms with Crippen LogP contribution in [0.1, 0.15) is 30.6 Å². The van der Waals surface area contributed by atoms with Gasteiger partial charge < -0.3 is 4.90 Å². The van der Waals surface area contributed by atoms with Crippen LogP contribution >= 0.6 is 11.6 Å². The number of carbonyl (C=O) groups is 1. The molecule has 0 fully saturated rings. The van der Waals surface area contributed by atoms with E-state index in [2.05, 4.69) is 11.9 Å². The SMILES string of the molecule is CCCN(CC)C(=O)c1cnc(Cl)c2ccccc12. The first-order valence-corrected chi connectivity index (χ1v) is 6.89. The van der Waals surface area contributed by atoms with Crippen LogP contribution in [0.15, 0.2) is 30.5 Å². The predicted molar refractivity (Wildman–Crippen MR) is 78.6 cm³/mol. The van der Waals surface area contributed by atoms with Crippen molar-refractivity contribution < 1.29 is 4.79 Å². The standard InChI is InChI=1S/C15H17ClN2O/c1-3-9-18(4-2)15(19)13-10-17-14(16)12-8-6-5-7-11(12)13/h5-8,10H,3-4,9H2,1-2H3. The molecule has 2 rings (SSSR count). The number of fused-ring (bicyclic) bond motifs is 1. The van der Waals surface area contributed by atoms with Crippen LogP contribution in [0.25, 0.3) is 10.8 Å². The molecule has 4 heteroatoms. The average Bonchev–Trinajstić information content (AvgIpc) is 2.45. The molecule has 0 saturated heterocycles. The minimum absolute atomic E-state index is 0.0183. The summed E-state index contributed by atoms with van der Waals surface area (Å²) in [5.41, 5.74) is 0.621. The molecular formula is C15H17ClN2O. The molecule has 1 aromatic carbocycles. The molecule has 3 nitrogen and oxygen atoms in total. The van der Waals surface area contributed by atoms with E-state index < -0.39 is 0 Å². The number of benzene rings is 1. The normalized spacial score (nSPS) is 10.7. The summed E-state index contributed by atoms with van der Waals surface area (Å²) in [6, 6.07) is 7.60. The Morgan fingerprint density at radius 3 is 2.58 bits per heavy atom. The smallest absolute Gasteiger partial charge is 0.256 e. The van der Waals surface area contributed by atoms with Gasteiger partial charge in [-0.05, 0) is 18.7 Å². The van der Waals surface area contributed by atoms with E-state index in [1.54, 1.807) is 6.20 Å². The van der Waals surface area contributed by atoms with E-state index in [0.29, 0.717) is 17.3 Å². The Balaban J connectivity index is 2.51. The van der Waals surface area contributed by atoms with Gasteiger partial charge in [0.05, 0.1) is 5.56 Å². The summed E-state index contributed by atoms with van der Waals surface area (Å²) in [6.45, 7) is 5.50. The van der Waals surface area contributed by atoms with Crippen LogP contribution in [0.4, 0.5) is 0 Å². The first-order chi connectivity index (χ1) is 9.19. The van der Waals surface area contributed by atoms with E-state index in [1.807, 2.05) is 36.1 Å². The first kappa shape index (κ1) is 13.8. The highest BCUT2D eigenvalue weighted by Gasteiger charge is 2.17. The molecule has 0 bridgehead atoms. The lowest BCUT2D eigenvalue weighted by atomic mass is 10.1. The molecule has 1 amide bonds. The minimum Gasteiger partial charge on any atom is -0.339 e. The van der Waals surface area contributed by atoms with E-state index in [9.17, 15) is 4.79 Å². The summed E-state index contributed by atoms with van der Waals surface area (Å²) in [7, 11) is 0. The van der Waals surface area contributed by atoms with Gasteiger partial charge in [0.1, 0.15) is 5.15 Å². The van der Waals surface area contributed by atoms with E-state index in [-0.39, 0.29) is 5.91 Å². The zero-order valence-electron chi connectivity index (χ0n) is 11.2. The number of carbonyl (C=O) groups excluding carboxylic acids is 1. The Morgan fingerprint density at radius 2 is 1.95 bits per heavy atom. The molecule has 0 aliphatic carbocycles. The molecule has 1 aromatic heterocycles. The Hall–Kier alpha value is -1.61. The third-order valence-electron chi connectivity index (χ3n) is 3.14. The molecule has 100 valence electrons. The summed E-state index contributed by atoms with van der Waals surface area (Å²) in [6.07, 6.45) is 2.52. The maximum Gasteiger partial charge on any atom is 0.256 e. The molecular weight excluding hydrogens is 260 g/mol. The van der Waals surface area contributed by atoms with Crippen molar-refractivity contribution in [3.63, 3.8) is 0 Å². The minimum atomic E-state index is 0.0183. The van der Waals surface area contributed by atoms with Crippen molar-refractivity contribution in [3.8, 4) is 0 Å². The molecule has 0 N–H and O–H groups in total. The van der Waals surface area contributed by atoms with Crippen molar-refractivity contribution in [3.05, 3.63) is 41.2 Å². The van der Waals surface area contributed by atoms with Gasteiger partial charge in [0.25, 0.3) is 5.91 Å². The molecule has 0 saturated carbocycles. The number of aromatic nitrogens is 1. The fourth-order valence-corrected chi connectivity index (χ4v) is 2.39. The van der Waals surface area contributed by atoms with Gasteiger partial charge in [-0.3, -0.25) is 4.79 Å². The maximum absolute atomic E-state index is 12.5. The predicted octanol–water partition coefficient (Wildman–Crippen LogP) is 3.76. The van der Waals surface area contributed by atoms with Crippen molar-refractivity contribution in [2.45, 2.75) is 20.3 Å². The van der Waals surface area contributed by atoms with Gasteiger partial charge in [0.2, 0.25) is 0 Å². The summed E-state index contributed by atoms with van der Waals surface area (Å²) in [5.74, 6) is 0.0183. The summed E-state index contributed by atoms with van der Waals surface area (Å²) in [5, 5.41) is 2.12. The van der Waals surface area contributed by atoms with Gasteiger partial charge in [-0.2, -0.15) is 0 Å². The lowest BCUT2D eigenvalue weighted by molar-refractivity contribution is 0.0766. The van der Waals surface area contributed by atoms with Crippen LogP contribution in [0, 0.1) is 0 Å². The van der Waals surface area contributed by atoms with Crippen LogP contribution in [-0.2, 0) is 0 Å². The highest BCUT2D eigenvalue weighted by atomic mass is 35.5. The number of hydrogen-bond acceptors (Lipinski definition) is 2. The molecule has 0 radical (unpaired) electrons. The van der Waals surface area contributed by atoms with Crippen LogP contribution in [0.5, 0.6) is 0 Å². The van der Waals surface area contributed by atoms with E-state index >= 15 is 0 Å². The van der Waals surface area contributed by atoms with Gasteiger partial charge >= 0.3 is 0 Å². The van der Waals surface area contributed by atoms with Gasteiger partial charge in [-0.15, -0.1) is 0 Å². The number of rotatable bonds is 4. The van der Waals surface area contributed by atoms with Crippen LogP contribution < -0.4 is 0 Å². The molecule has 0 unspecified atom stereocenters. The molecule has 0 aliphatic heterocycles. The number of hydrogen-bond donors (Lipinski definition) is 0. The number of halogens is 1. The molecule has 2 aromatic rings. The monoisotopic (exact) mass is 276 g/mol. The Morgan fingerprint density at radius 1 is 1.26 bits per heavy atom. The summed E-state index contributed by atoms with van der Waals surface area (Å²) >= 11 is 6.07. The zero-order chi connectivity index (χ0) is 13.8. The largest absolute Gasteiger partial charge is 0.339 e. The summed E-state index contributed by atoms with van der Waals surface area (Å²) in [4.78, 5) is 18.5. The van der Waals surface area contributed by atoms with Crippen molar-refractivity contribution in [1.29, 1.82) is 0 Å². The highest BCUT2D eigenvalue weighted by molar-refractivity contribution is 6.34. The Bertz CT molecular complexity index is 598. The maximum atomic E-state index is 12.5. The van der Waals surface area contributed by atoms with Crippen molar-refractivity contribution in [2.75, 3.05) is 13.1 Å². The Labute approximate surface area is 118 Å². The summed E-state index contributed by atoms with van der Waals surface area (Å²) < 4.78 is 0. The van der Waals surface area contributed by atoms with Crippen LogP contribution in [0.3, 0.4) is 0 Å². The molecule has 1 heterocycles. The number of amides is 1. The van der Waals surface area contributed by atoms with Crippen molar-refractivity contribution in [2.24, 2.45) is 0 Å². The van der Waals surface area contributed by atoms with Gasteiger partial charge in [0, 0.05) is 24.7 Å². The van der Waals surface area contributed by atoms with Crippen molar-refractivity contribution in [1.82, 2.24) is 9.88 Å². The molecule has 0 spiro atoms. The molecule has 0 atom stereocenters. The van der Waals surface area contributed by atoms with Crippen LogP contribution in [-0.4, -0.2) is 28.9 Å². The fraction of sp³-hybridized carbons (Fsp3) is 0.333. The second-order valence-electron chi connectivity index (χ2n) is 4.39. The lowest BCUT2D eigenvalue weighted by Crippen LogP contribution is -2.31. The van der Waals surface area contributed by atoms with Gasteiger partial charge in [-0.25, -0.2) is 4.98 Å². The zero-order valence-corrected chi connectivity index (χ0v) is 11.9. The second-order valence-corrected chi connectivity index (χ2v) is 4.75. The quantitative estimate of drug-likeness (QED) is 0.797. The third-order valence-corrected chi connectivity index (χ3v) is 3.44. The number of pyridine rings is 1. The topological polar surface area (TPSA) is 33.2 Å². The average molecular weight is 277 g/mol. The van der Waals surface area contributed by atoms with E-state index in [4.69, 9.17) is 11.6 Å². The first-order valence-electron chi connectivity index (χ1n) is 6.51. The van der Waals surface area contributed by atoms with Gasteiger partial charge in [0.15, 0.2) is 0 Å². The van der Waals surface area contributed by atoms with E-state index in [0.717, 1.165) is 23.7 Å². The lowest BCUT2D eigenvalue weighted by Gasteiger charge is -2.20. The number of nitrogens with zero attached hydrogens (tertiary/aromatic N) is 2. The second kappa shape index (κ2) is 6.02. The van der Waals surface area contributed by atoms with E-state index in [1.165, 1.54) is 0 Å². The molecule has 19 heavy (non-hydrogen) atoms. The molecule has 0 aliphatic rings. The Kier molecular flexibility index (Phi) is 4.38. The van der Waals surface area contributed by atoms with Crippen molar-refractivity contribution >= 4 is 28.3 Å². The van der Waals surface area contributed by atoms with Gasteiger partial charge in [-0.1, -0.05) is 42.8 Å². The fourth-order valence-electron chi connectivity index (χ4n) is 2.17.